The number of anilines is 2. The molecule has 0 radical (unpaired) electrons. The number of alkyl halides is 1. The summed E-state index contributed by atoms with van der Waals surface area (Å²) < 4.78 is 12.2. The Kier molecular flexibility index (Phi) is 7.61. The van der Waals surface area contributed by atoms with Gasteiger partial charge in [-0.2, -0.15) is 0 Å². The summed E-state index contributed by atoms with van der Waals surface area (Å²) in [5.74, 6) is 2.01. The maximum atomic E-state index is 12.3. The second-order valence-corrected chi connectivity index (χ2v) is 13.2. The number of hydrogen-bond acceptors (Lipinski definition) is 7. The van der Waals surface area contributed by atoms with Crippen LogP contribution in [0.2, 0.25) is 0 Å². The Morgan fingerprint density at radius 2 is 1.87 bits per heavy atom. The number of nitrogen functional groups attached to an aromatic ring is 1. The van der Waals surface area contributed by atoms with Gasteiger partial charge in [0.1, 0.15) is 23.5 Å². The average molecular weight is 556 g/mol. The minimum absolute atomic E-state index is 0.0809. The highest BCUT2D eigenvalue weighted by molar-refractivity contribution is 6.18. The number of rotatable bonds is 7. The van der Waals surface area contributed by atoms with E-state index >= 15 is 0 Å². The third-order valence-electron chi connectivity index (χ3n) is 7.96. The van der Waals surface area contributed by atoms with Gasteiger partial charge in [0.25, 0.3) is 0 Å². The van der Waals surface area contributed by atoms with E-state index in [0.29, 0.717) is 17.7 Å². The fraction of sp³-hybridized carbons (Fsp3) is 0.633. The first kappa shape index (κ1) is 27.8. The molecule has 5 rings (SSSR count). The maximum absolute atomic E-state index is 12.3. The zero-order chi connectivity index (χ0) is 27.9. The van der Waals surface area contributed by atoms with Crippen LogP contribution < -0.4 is 20.7 Å². The number of nitrogens with one attached hydrogen (secondary N) is 1. The Labute approximate surface area is 237 Å². The van der Waals surface area contributed by atoms with E-state index in [1.165, 1.54) is 5.56 Å². The number of carbonyl (C=O) groups is 1. The summed E-state index contributed by atoms with van der Waals surface area (Å²) in [6.07, 6.45) is 7.88. The molecule has 0 spiro atoms. The summed E-state index contributed by atoms with van der Waals surface area (Å²) in [5.41, 5.74) is 11.1. The number of halogens is 1. The van der Waals surface area contributed by atoms with Crippen LogP contribution in [0.1, 0.15) is 84.3 Å². The smallest absolute Gasteiger partial charge is 0.407 e. The number of nitrogens with two attached hydrogens (primary N) is 1. The Hall–Kier alpha value is -2.74. The predicted molar refractivity (Wildman–Crippen MR) is 156 cm³/mol. The van der Waals surface area contributed by atoms with Gasteiger partial charge in [-0.25, -0.2) is 14.8 Å². The fourth-order valence-corrected chi connectivity index (χ4v) is 6.34. The average Bonchev–Trinajstić information content (AvgIpc) is 3.68. The van der Waals surface area contributed by atoms with E-state index in [9.17, 15) is 4.79 Å². The van der Waals surface area contributed by atoms with Crippen LogP contribution in [0.15, 0.2) is 18.5 Å². The molecule has 0 unspecified atom stereocenters. The molecule has 39 heavy (non-hydrogen) atoms. The first-order valence-corrected chi connectivity index (χ1v) is 14.8. The molecule has 0 atom stereocenters. The number of ether oxygens (including phenoxy) is 2. The fourth-order valence-electron chi connectivity index (χ4n) is 6.16. The minimum atomic E-state index is -0.503. The number of amides is 1. The van der Waals surface area contributed by atoms with E-state index in [-0.39, 0.29) is 23.7 Å². The summed E-state index contributed by atoms with van der Waals surface area (Å²) in [6, 6.07) is 4.81. The van der Waals surface area contributed by atoms with Crippen LogP contribution in [0, 0.1) is 0 Å². The topological polar surface area (TPSA) is 103 Å². The molecule has 1 amide bonds. The van der Waals surface area contributed by atoms with Crippen molar-refractivity contribution >= 4 is 29.2 Å². The summed E-state index contributed by atoms with van der Waals surface area (Å²) in [7, 11) is 0. The molecule has 3 aliphatic carbocycles. The van der Waals surface area contributed by atoms with Crippen molar-refractivity contribution in [3.63, 3.8) is 0 Å². The molecule has 2 fully saturated rings. The van der Waals surface area contributed by atoms with Gasteiger partial charge in [0.15, 0.2) is 0 Å². The molecule has 3 N–H and O–H groups in total. The summed E-state index contributed by atoms with van der Waals surface area (Å²) >= 11 is 6.34. The second kappa shape index (κ2) is 10.7. The van der Waals surface area contributed by atoms with Crippen molar-refractivity contribution < 1.29 is 14.3 Å². The summed E-state index contributed by atoms with van der Waals surface area (Å²) in [5, 5.41) is 3.03. The zero-order valence-electron chi connectivity index (χ0n) is 23.8. The molecule has 0 saturated heterocycles. The monoisotopic (exact) mass is 555 g/mol. The van der Waals surface area contributed by atoms with Gasteiger partial charge in [-0.05, 0) is 88.8 Å². The number of nitrogens with zero attached hydrogens (tertiary/aromatic N) is 3. The molecule has 3 aliphatic rings. The normalized spacial score (nSPS) is 21.9. The predicted octanol–water partition coefficient (Wildman–Crippen LogP) is 5.98. The molecule has 1 aromatic carbocycles. The first-order chi connectivity index (χ1) is 18.5. The highest BCUT2D eigenvalue weighted by Crippen LogP contribution is 2.51. The van der Waals surface area contributed by atoms with Crippen LogP contribution in [0.5, 0.6) is 5.75 Å². The number of alkyl carbamates (subject to hydrolysis) is 1. The highest BCUT2D eigenvalue weighted by atomic mass is 35.5. The number of aromatic nitrogens is 2. The number of benzene rings is 1. The Balaban J connectivity index is 1.42. The molecule has 1 aromatic heterocycles. The Morgan fingerprint density at radius 1 is 1.15 bits per heavy atom. The Morgan fingerprint density at radius 3 is 2.51 bits per heavy atom. The van der Waals surface area contributed by atoms with Crippen molar-refractivity contribution in [2.45, 2.75) is 109 Å². The van der Waals surface area contributed by atoms with Crippen LogP contribution in [-0.4, -0.2) is 52.3 Å². The first-order valence-electron chi connectivity index (χ1n) is 14.2. The van der Waals surface area contributed by atoms with Crippen molar-refractivity contribution in [1.82, 2.24) is 15.3 Å². The summed E-state index contributed by atoms with van der Waals surface area (Å²) in [6.45, 7) is 10.8. The number of carbonyl (C=O) groups excluding carboxylic acids is 1. The second-order valence-electron chi connectivity index (χ2n) is 12.8. The largest absolute Gasteiger partial charge is 0.488 e. The van der Waals surface area contributed by atoms with Crippen molar-refractivity contribution in [2.75, 3.05) is 23.1 Å². The molecule has 2 saturated carbocycles. The summed E-state index contributed by atoms with van der Waals surface area (Å²) in [4.78, 5) is 23.7. The van der Waals surface area contributed by atoms with E-state index in [1.807, 2.05) is 20.8 Å². The molecule has 1 heterocycles. The van der Waals surface area contributed by atoms with Crippen LogP contribution in [-0.2, 0) is 16.6 Å². The van der Waals surface area contributed by atoms with Crippen LogP contribution in [0.4, 0.5) is 16.3 Å². The maximum Gasteiger partial charge on any atom is 0.407 e. The van der Waals surface area contributed by atoms with E-state index in [2.05, 4.69) is 41.2 Å². The van der Waals surface area contributed by atoms with Crippen LogP contribution in [0.3, 0.4) is 0 Å². The third-order valence-corrected chi connectivity index (χ3v) is 8.13. The molecule has 2 aromatic rings. The molecule has 0 aliphatic heterocycles. The van der Waals surface area contributed by atoms with Crippen LogP contribution in [0.25, 0.3) is 11.3 Å². The molecule has 9 heteroatoms. The van der Waals surface area contributed by atoms with Gasteiger partial charge in [-0.15, -0.1) is 11.6 Å². The molecular weight excluding hydrogens is 514 g/mol. The lowest BCUT2D eigenvalue weighted by molar-refractivity contribution is 0.0471. The van der Waals surface area contributed by atoms with E-state index < -0.39 is 5.60 Å². The molecule has 8 nitrogen and oxygen atoms in total. The van der Waals surface area contributed by atoms with E-state index in [1.54, 1.807) is 6.33 Å². The molecule has 212 valence electrons. The van der Waals surface area contributed by atoms with Gasteiger partial charge < -0.3 is 25.4 Å². The SMILES string of the molecule is CC(C)(C)OC(=O)NC1CCC(Oc2ccc3c(c2N(CCCl)C2CC2)CC(C)(C)c2c(N)ncnc2-3)CC1. The van der Waals surface area contributed by atoms with Crippen molar-refractivity contribution in [3.8, 4) is 17.0 Å². The number of hydrogen-bond donors (Lipinski definition) is 2. The van der Waals surface area contributed by atoms with Crippen LogP contribution >= 0.6 is 11.6 Å². The lowest BCUT2D eigenvalue weighted by Gasteiger charge is -2.38. The van der Waals surface area contributed by atoms with Crippen molar-refractivity contribution in [2.24, 2.45) is 0 Å². The van der Waals surface area contributed by atoms with E-state index in [4.69, 9.17) is 31.8 Å². The third kappa shape index (κ3) is 6.06. The van der Waals surface area contributed by atoms with Gasteiger partial charge in [-0.3, -0.25) is 0 Å². The quantitative estimate of drug-likeness (QED) is 0.405. The Bertz CT molecular complexity index is 1220. The highest BCUT2D eigenvalue weighted by Gasteiger charge is 2.40. The lowest BCUT2D eigenvalue weighted by atomic mass is 9.71. The standard InChI is InChI=1S/C30H42ClN5O3/c1-29(2,3)39-28(37)35-18-6-10-20(11-7-18)38-23-13-12-21-22(26(23)36(15-14-31)19-8-9-19)16-30(4,5)24-25(21)33-17-34-27(24)32/h12-13,17-20H,6-11,14-16H2,1-5H3,(H,35,37)(H2,32,33,34). The van der Waals surface area contributed by atoms with Crippen molar-refractivity contribution in [1.29, 1.82) is 0 Å². The van der Waals surface area contributed by atoms with Gasteiger partial charge in [0.05, 0.1) is 17.5 Å². The lowest BCUT2D eigenvalue weighted by Crippen LogP contribution is -2.42. The van der Waals surface area contributed by atoms with Gasteiger partial charge in [0, 0.05) is 35.6 Å². The zero-order valence-corrected chi connectivity index (χ0v) is 24.6. The van der Waals surface area contributed by atoms with Crippen molar-refractivity contribution in [3.05, 3.63) is 29.6 Å². The molecule has 0 bridgehead atoms. The van der Waals surface area contributed by atoms with Gasteiger partial charge >= 0.3 is 6.09 Å². The minimum Gasteiger partial charge on any atom is -0.488 e. The molecular formula is C30H42ClN5O3. The van der Waals surface area contributed by atoms with Gasteiger partial charge in [-0.1, -0.05) is 13.8 Å². The van der Waals surface area contributed by atoms with E-state index in [0.717, 1.165) is 79.7 Å². The number of fused-ring (bicyclic) bond motifs is 3. The van der Waals surface area contributed by atoms with Gasteiger partial charge in [0.2, 0.25) is 0 Å².